The molecule has 0 spiro atoms. The van der Waals surface area contributed by atoms with Crippen LogP contribution in [0.2, 0.25) is 0 Å². The van der Waals surface area contributed by atoms with Crippen LogP contribution < -0.4 is 5.32 Å². The first kappa shape index (κ1) is 13.6. The van der Waals surface area contributed by atoms with Gasteiger partial charge in [-0.15, -0.1) is 0 Å². The molecular weight excluding hydrogens is 329 g/mol. The Hall–Kier alpha value is -0.820. The predicted molar refractivity (Wildman–Crippen MR) is 71.1 cm³/mol. The second kappa shape index (κ2) is 5.05. The van der Waals surface area contributed by atoms with Gasteiger partial charge in [-0.05, 0) is 25.1 Å². The van der Waals surface area contributed by atoms with Crippen molar-refractivity contribution in [3.63, 3.8) is 0 Å². The lowest BCUT2D eigenvalue weighted by Crippen LogP contribution is -2.23. The summed E-state index contributed by atoms with van der Waals surface area (Å²) >= 11 is 4.68. The van der Waals surface area contributed by atoms with Crippen LogP contribution in [0.3, 0.4) is 0 Å². The van der Waals surface area contributed by atoms with Gasteiger partial charge in [0.1, 0.15) is 0 Å². The molecule has 0 bridgehead atoms. The summed E-state index contributed by atoms with van der Waals surface area (Å²) in [6, 6.07) is 4.92. The smallest absolute Gasteiger partial charge is 0.359 e. The van der Waals surface area contributed by atoms with Crippen molar-refractivity contribution in [3.05, 3.63) is 22.7 Å². The lowest BCUT2D eigenvalue weighted by molar-refractivity contribution is -0.136. The molecule has 0 radical (unpaired) electrons. The van der Waals surface area contributed by atoms with Crippen molar-refractivity contribution in [2.75, 3.05) is 5.32 Å². The highest BCUT2D eigenvalue weighted by atomic mass is 79.9. The fourth-order valence-electron chi connectivity index (χ4n) is 1.57. The van der Waals surface area contributed by atoms with Crippen LogP contribution in [0.4, 0.5) is 18.3 Å². The van der Waals surface area contributed by atoms with Crippen molar-refractivity contribution in [2.45, 2.75) is 25.6 Å². The second-order valence-corrected chi connectivity index (χ2v) is 5.94. The van der Waals surface area contributed by atoms with Gasteiger partial charge in [-0.3, -0.25) is 0 Å². The number of halogens is 4. The van der Waals surface area contributed by atoms with Crippen LogP contribution in [0.1, 0.15) is 13.3 Å². The minimum atomic E-state index is -4.16. The van der Waals surface area contributed by atoms with Crippen molar-refractivity contribution in [1.82, 2.24) is 4.98 Å². The van der Waals surface area contributed by atoms with Crippen LogP contribution >= 0.6 is 27.3 Å². The highest BCUT2D eigenvalue weighted by molar-refractivity contribution is 9.10. The molecule has 1 unspecified atom stereocenters. The lowest BCUT2D eigenvalue weighted by atomic mass is 10.2. The van der Waals surface area contributed by atoms with Crippen LogP contribution in [0.5, 0.6) is 0 Å². The predicted octanol–water partition coefficient (Wildman–Crippen LogP) is 4.81. The first-order valence-corrected chi connectivity index (χ1v) is 6.84. The molecule has 0 saturated heterocycles. The summed E-state index contributed by atoms with van der Waals surface area (Å²) in [6.07, 6.45) is -5.03. The average Bonchev–Trinajstić information content (AvgIpc) is 2.55. The van der Waals surface area contributed by atoms with Gasteiger partial charge in [0.05, 0.1) is 16.6 Å². The maximum atomic E-state index is 12.2. The van der Waals surface area contributed by atoms with Gasteiger partial charge >= 0.3 is 6.18 Å². The zero-order valence-corrected chi connectivity index (χ0v) is 11.8. The summed E-state index contributed by atoms with van der Waals surface area (Å²) in [5.41, 5.74) is 0.774. The van der Waals surface area contributed by atoms with Crippen molar-refractivity contribution in [2.24, 2.45) is 0 Å². The van der Waals surface area contributed by atoms with E-state index in [0.29, 0.717) is 5.13 Å². The normalized spacial score (nSPS) is 13.8. The summed E-state index contributed by atoms with van der Waals surface area (Å²) in [5, 5.41) is 3.29. The number of hydrogen-bond acceptors (Lipinski definition) is 3. The molecule has 1 aromatic heterocycles. The summed E-state index contributed by atoms with van der Waals surface area (Å²) in [6.45, 7) is 1.50. The Bertz CT molecular complexity index is 553. The molecule has 0 fully saturated rings. The van der Waals surface area contributed by atoms with Crippen molar-refractivity contribution >= 4 is 42.6 Å². The Morgan fingerprint density at radius 1 is 1.44 bits per heavy atom. The van der Waals surface area contributed by atoms with Crippen LogP contribution in [-0.4, -0.2) is 17.2 Å². The lowest BCUT2D eigenvalue weighted by Gasteiger charge is -2.14. The van der Waals surface area contributed by atoms with Gasteiger partial charge in [-0.2, -0.15) is 13.2 Å². The quantitative estimate of drug-likeness (QED) is 0.868. The van der Waals surface area contributed by atoms with Crippen molar-refractivity contribution in [3.8, 4) is 0 Å². The van der Waals surface area contributed by atoms with E-state index in [-0.39, 0.29) is 0 Å². The number of nitrogens with one attached hydrogen (secondary N) is 1. The molecule has 0 aliphatic heterocycles. The molecule has 2 aromatic rings. The molecule has 0 saturated carbocycles. The molecule has 0 aliphatic carbocycles. The Kier molecular flexibility index (Phi) is 3.82. The third-order valence-electron chi connectivity index (χ3n) is 2.26. The number of benzene rings is 1. The number of rotatable bonds is 3. The second-order valence-electron chi connectivity index (χ2n) is 4.00. The maximum Gasteiger partial charge on any atom is 0.391 e. The number of nitrogens with zero attached hydrogens (tertiary/aromatic N) is 1. The SMILES string of the molecule is CC(CC(F)(F)F)Nc1nc2cc(Br)ccc2s1. The van der Waals surface area contributed by atoms with E-state index in [4.69, 9.17) is 0 Å². The van der Waals surface area contributed by atoms with Gasteiger partial charge < -0.3 is 5.32 Å². The van der Waals surface area contributed by atoms with Gasteiger partial charge in [0.2, 0.25) is 0 Å². The van der Waals surface area contributed by atoms with E-state index in [1.165, 1.54) is 18.3 Å². The molecule has 7 heteroatoms. The molecule has 0 aliphatic rings. The first-order valence-electron chi connectivity index (χ1n) is 5.23. The van der Waals surface area contributed by atoms with E-state index in [2.05, 4.69) is 26.2 Å². The molecule has 0 amide bonds. The largest absolute Gasteiger partial charge is 0.391 e. The summed E-state index contributed by atoms with van der Waals surface area (Å²) < 4.78 is 38.5. The first-order chi connectivity index (χ1) is 8.33. The van der Waals surface area contributed by atoms with E-state index in [1.54, 1.807) is 0 Å². The summed E-state index contributed by atoms with van der Waals surface area (Å²) in [4.78, 5) is 4.25. The molecule has 1 heterocycles. The molecule has 1 atom stereocenters. The number of anilines is 1. The van der Waals surface area contributed by atoms with Crippen LogP contribution in [0.25, 0.3) is 10.2 Å². The average molecular weight is 339 g/mol. The third-order valence-corrected chi connectivity index (χ3v) is 3.72. The van der Waals surface area contributed by atoms with Gasteiger partial charge in [0, 0.05) is 10.5 Å². The van der Waals surface area contributed by atoms with Gasteiger partial charge in [-0.25, -0.2) is 4.98 Å². The topological polar surface area (TPSA) is 24.9 Å². The molecule has 98 valence electrons. The molecule has 18 heavy (non-hydrogen) atoms. The number of aromatic nitrogens is 1. The monoisotopic (exact) mass is 338 g/mol. The highest BCUT2D eigenvalue weighted by Gasteiger charge is 2.30. The summed E-state index contributed by atoms with van der Waals surface area (Å²) in [7, 11) is 0. The van der Waals surface area contributed by atoms with Crippen LogP contribution in [0.15, 0.2) is 22.7 Å². The standard InChI is InChI=1S/C11H10BrF3N2S/c1-6(5-11(13,14)15)16-10-17-8-4-7(12)2-3-9(8)18-10/h2-4,6H,5H2,1H3,(H,16,17). The fourth-order valence-corrected chi connectivity index (χ4v) is 2.88. The van der Waals surface area contributed by atoms with E-state index in [0.717, 1.165) is 14.7 Å². The minimum Gasteiger partial charge on any atom is -0.359 e. The highest BCUT2D eigenvalue weighted by Crippen LogP contribution is 2.30. The van der Waals surface area contributed by atoms with E-state index in [1.807, 2.05) is 18.2 Å². The number of alkyl halides is 3. The minimum absolute atomic E-state index is 0.514. The number of thiazole rings is 1. The zero-order chi connectivity index (χ0) is 13.3. The Balaban J connectivity index is 2.12. The van der Waals surface area contributed by atoms with Crippen molar-refractivity contribution in [1.29, 1.82) is 0 Å². The Morgan fingerprint density at radius 3 is 2.83 bits per heavy atom. The Morgan fingerprint density at radius 2 is 2.17 bits per heavy atom. The molecule has 2 nitrogen and oxygen atoms in total. The number of hydrogen-bond donors (Lipinski definition) is 1. The van der Waals surface area contributed by atoms with Gasteiger partial charge in [0.15, 0.2) is 5.13 Å². The Labute approximate surface area is 114 Å². The summed E-state index contributed by atoms with van der Waals surface area (Å²) in [5.74, 6) is 0. The maximum absolute atomic E-state index is 12.2. The van der Waals surface area contributed by atoms with E-state index in [9.17, 15) is 13.2 Å². The molecule has 2 rings (SSSR count). The molecule has 1 N–H and O–H groups in total. The van der Waals surface area contributed by atoms with Crippen LogP contribution in [-0.2, 0) is 0 Å². The fraction of sp³-hybridized carbons (Fsp3) is 0.364. The molecular formula is C11H10BrF3N2S. The molecule has 1 aromatic carbocycles. The van der Waals surface area contributed by atoms with Crippen molar-refractivity contribution < 1.29 is 13.2 Å². The zero-order valence-electron chi connectivity index (χ0n) is 9.38. The van der Waals surface area contributed by atoms with Gasteiger partial charge in [-0.1, -0.05) is 27.3 Å². The van der Waals surface area contributed by atoms with E-state index < -0.39 is 18.6 Å². The third kappa shape index (κ3) is 3.58. The number of fused-ring (bicyclic) bond motifs is 1. The van der Waals surface area contributed by atoms with E-state index >= 15 is 0 Å². The van der Waals surface area contributed by atoms with Crippen LogP contribution in [0, 0.1) is 0 Å². The van der Waals surface area contributed by atoms with Gasteiger partial charge in [0.25, 0.3) is 0 Å².